The molecule has 1 saturated carbocycles. The predicted octanol–water partition coefficient (Wildman–Crippen LogP) is -0.0902. The number of rotatable bonds is 3. The van der Waals surface area contributed by atoms with Gasteiger partial charge < -0.3 is 15.5 Å². The Morgan fingerprint density at radius 3 is 2.53 bits per heavy atom. The maximum atomic E-state index is 11.5. The molecule has 3 rings (SSSR count). The Bertz CT molecular complexity index is 289. The second kappa shape index (κ2) is 4.58. The van der Waals surface area contributed by atoms with E-state index in [0.717, 1.165) is 19.0 Å². The number of fused-ring (bicyclic) bond motifs is 1. The number of hydrogen-bond donors (Lipinski definition) is 2. The highest BCUT2D eigenvalue weighted by Gasteiger charge is 2.58. The fraction of sp³-hybridized carbons (Fsp3) is 0.923. The van der Waals surface area contributed by atoms with Gasteiger partial charge in [0.1, 0.15) is 0 Å². The van der Waals surface area contributed by atoms with Crippen molar-refractivity contribution in [1.29, 1.82) is 0 Å². The van der Waals surface area contributed by atoms with Gasteiger partial charge in [0.15, 0.2) is 0 Å². The number of carbonyl (C=O) groups excluding carboxylic acids is 1. The van der Waals surface area contributed by atoms with Gasteiger partial charge in [-0.15, -0.1) is 0 Å². The number of likely N-dealkylation sites (tertiary alicyclic amines) is 1. The van der Waals surface area contributed by atoms with Crippen molar-refractivity contribution in [2.24, 2.45) is 23.7 Å². The minimum Gasteiger partial charge on any atom is -0.359 e. The lowest BCUT2D eigenvalue weighted by atomic mass is 9.97. The first-order chi connectivity index (χ1) is 8.29. The molecule has 0 aromatic heterocycles. The molecule has 0 spiro atoms. The van der Waals surface area contributed by atoms with Gasteiger partial charge in [0.25, 0.3) is 0 Å². The fourth-order valence-corrected chi connectivity index (χ4v) is 3.75. The van der Waals surface area contributed by atoms with Crippen molar-refractivity contribution in [3.05, 3.63) is 0 Å². The zero-order valence-electron chi connectivity index (χ0n) is 10.6. The zero-order valence-corrected chi connectivity index (χ0v) is 10.6. The Morgan fingerprint density at radius 2 is 1.94 bits per heavy atom. The van der Waals surface area contributed by atoms with Crippen LogP contribution in [0, 0.1) is 23.7 Å². The van der Waals surface area contributed by atoms with Gasteiger partial charge in [0.05, 0.1) is 0 Å². The summed E-state index contributed by atoms with van der Waals surface area (Å²) in [6.07, 6.45) is 2.65. The number of piperidine rings is 2. The minimum absolute atomic E-state index is 0.265. The topological polar surface area (TPSA) is 44.4 Å². The van der Waals surface area contributed by atoms with Crippen LogP contribution in [0.1, 0.15) is 12.8 Å². The van der Waals surface area contributed by atoms with Gasteiger partial charge in [-0.05, 0) is 43.7 Å². The SMILES string of the molecule is CNC(=O)C1[C@H]2CN(CC3CCNCC3)C[C@@H]12. The molecule has 3 fully saturated rings. The summed E-state index contributed by atoms with van der Waals surface area (Å²) in [7, 11) is 1.75. The standard InChI is InChI=1S/C13H23N3O/c1-14-13(17)12-10-7-16(8-11(10)12)6-9-2-4-15-5-3-9/h9-12,15H,2-8H2,1H3,(H,14,17)/t10-,11+,12?. The zero-order chi connectivity index (χ0) is 11.8. The molecule has 2 saturated heterocycles. The molecule has 17 heavy (non-hydrogen) atoms. The van der Waals surface area contributed by atoms with Crippen molar-refractivity contribution >= 4 is 5.91 Å². The van der Waals surface area contributed by atoms with Crippen LogP contribution in [0.15, 0.2) is 0 Å². The summed E-state index contributed by atoms with van der Waals surface area (Å²) in [5, 5.41) is 6.20. The lowest BCUT2D eigenvalue weighted by Gasteiger charge is -2.28. The Hall–Kier alpha value is -0.610. The summed E-state index contributed by atoms with van der Waals surface area (Å²) >= 11 is 0. The van der Waals surface area contributed by atoms with Crippen LogP contribution in [-0.2, 0) is 4.79 Å². The van der Waals surface area contributed by atoms with E-state index in [1.807, 2.05) is 0 Å². The number of carbonyl (C=O) groups is 1. The van der Waals surface area contributed by atoms with Gasteiger partial charge in [0.2, 0.25) is 5.91 Å². The highest BCUT2D eigenvalue weighted by molar-refractivity contribution is 5.82. The largest absolute Gasteiger partial charge is 0.359 e. The molecular weight excluding hydrogens is 214 g/mol. The molecule has 2 heterocycles. The molecule has 3 aliphatic rings. The summed E-state index contributed by atoms with van der Waals surface area (Å²) in [4.78, 5) is 14.1. The summed E-state index contributed by atoms with van der Waals surface area (Å²) < 4.78 is 0. The van der Waals surface area contributed by atoms with Crippen molar-refractivity contribution in [3.8, 4) is 0 Å². The molecule has 96 valence electrons. The van der Waals surface area contributed by atoms with E-state index in [-0.39, 0.29) is 5.91 Å². The maximum absolute atomic E-state index is 11.5. The van der Waals surface area contributed by atoms with Crippen molar-refractivity contribution in [2.45, 2.75) is 12.8 Å². The van der Waals surface area contributed by atoms with Crippen LogP contribution in [0.5, 0.6) is 0 Å². The monoisotopic (exact) mass is 237 g/mol. The van der Waals surface area contributed by atoms with Gasteiger partial charge in [-0.25, -0.2) is 0 Å². The predicted molar refractivity (Wildman–Crippen MR) is 66.6 cm³/mol. The fourth-order valence-electron chi connectivity index (χ4n) is 3.75. The lowest BCUT2D eigenvalue weighted by molar-refractivity contribution is -0.122. The van der Waals surface area contributed by atoms with E-state index in [2.05, 4.69) is 15.5 Å². The molecule has 0 bridgehead atoms. The summed E-state index contributed by atoms with van der Waals surface area (Å²) in [6, 6.07) is 0. The average Bonchev–Trinajstić information content (AvgIpc) is 2.86. The molecule has 1 unspecified atom stereocenters. The molecule has 4 nitrogen and oxygen atoms in total. The molecule has 0 aromatic carbocycles. The van der Waals surface area contributed by atoms with Crippen LogP contribution in [-0.4, -0.2) is 50.6 Å². The lowest BCUT2D eigenvalue weighted by Crippen LogP contribution is -2.37. The van der Waals surface area contributed by atoms with Crippen LogP contribution < -0.4 is 10.6 Å². The van der Waals surface area contributed by atoms with Crippen molar-refractivity contribution in [3.63, 3.8) is 0 Å². The number of hydrogen-bond acceptors (Lipinski definition) is 3. The highest BCUT2D eigenvalue weighted by atomic mass is 16.2. The summed E-state index contributed by atoms with van der Waals surface area (Å²) in [5.41, 5.74) is 0. The van der Waals surface area contributed by atoms with Crippen LogP contribution >= 0.6 is 0 Å². The molecule has 0 aromatic rings. The molecule has 3 atom stereocenters. The third-order valence-corrected chi connectivity index (χ3v) is 4.79. The van der Waals surface area contributed by atoms with Crippen LogP contribution in [0.25, 0.3) is 0 Å². The summed E-state index contributed by atoms with van der Waals surface area (Å²) in [6.45, 7) is 5.95. The maximum Gasteiger partial charge on any atom is 0.223 e. The van der Waals surface area contributed by atoms with Crippen LogP contribution in [0.2, 0.25) is 0 Å². The molecule has 4 heteroatoms. The smallest absolute Gasteiger partial charge is 0.223 e. The molecule has 2 aliphatic heterocycles. The van der Waals surface area contributed by atoms with Crippen molar-refractivity contribution in [2.75, 3.05) is 39.8 Å². The minimum atomic E-state index is 0.265. The molecule has 0 radical (unpaired) electrons. The van der Waals surface area contributed by atoms with E-state index < -0.39 is 0 Å². The van der Waals surface area contributed by atoms with E-state index in [1.54, 1.807) is 7.05 Å². The van der Waals surface area contributed by atoms with Gasteiger partial charge in [-0.2, -0.15) is 0 Å². The van der Waals surface area contributed by atoms with E-state index in [4.69, 9.17) is 0 Å². The second-order valence-corrected chi connectivity index (χ2v) is 5.88. The van der Waals surface area contributed by atoms with Crippen molar-refractivity contribution in [1.82, 2.24) is 15.5 Å². The summed E-state index contributed by atoms with van der Waals surface area (Å²) in [5.74, 6) is 2.81. The van der Waals surface area contributed by atoms with Gasteiger partial charge in [0, 0.05) is 32.6 Å². The first-order valence-electron chi connectivity index (χ1n) is 6.94. The molecule has 1 aliphatic carbocycles. The van der Waals surface area contributed by atoms with E-state index in [1.165, 1.54) is 32.5 Å². The molecular formula is C13H23N3O. The van der Waals surface area contributed by atoms with E-state index >= 15 is 0 Å². The highest BCUT2D eigenvalue weighted by Crippen LogP contribution is 2.51. The Morgan fingerprint density at radius 1 is 1.29 bits per heavy atom. The Labute approximate surface area is 103 Å². The third kappa shape index (κ3) is 2.20. The average molecular weight is 237 g/mol. The van der Waals surface area contributed by atoms with E-state index in [0.29, 0.717) is 17.8 Å². The van der Waals surface area contributed by atoms with E-state index in [9.17, 15) is 4.79 Å². The molecule has 1 amide bonds. The Kier molecular flexibility index (Phi) is 3.09. The van der Waals surface area contributed by atoms with Gasteiger partial charge in [-0.1, -0.05) is 0 Å². The first kappa shape index (κ1) is 11.5. The normalized spacial score (nSPS) is 37.8. The van der Waals surface area contributed by atoms with Crippen LogP contribution in [0.4, 0.5) is 0 Å². The first-order valence-corrected chi connectivity index (χ1v) is 6.94. The Balaban J connectivity index is 1.44. The number of nitrogens with one attached hydrogen (secondary N) is 2. The molecule has 2 N–H and O–H groups in total. The van der Waals surface area contributed by atoms with Crippen LogP contribution in [0.3, 0.4) is 0 Å². The quantitative estimate of drug-likeness (QED) is 0.721. The van der Waals surface area contributed by atoms with Gasteiger partial charge >= 0.3 is 0 Å². The number of nitrogens with zero attached hydrogens (tertiary/aromatic N) is 1. The number of amides is 1. The van der Waals surface area contributed by atoms with Gasteiger partial charge in [-0.3, -0.25) is 4.79 Å². The van der Waals surface area contributed by atoms with Crippen molar-refractivity contribution < 1.29 is 4.79 Å². The second-order valence-electron chi connectivity index (χ2n) is 5.88. The third-order valence-electron chi connectivity index (χ3n) is 4.79.